The Hall–Kier alpha value is -1.65. The van der Waals surface area contributed by atoms with E-state index < -0.39 is 0 Å². The van der Waals surface area contributed by atoms with Crippen LogP contribution in [0, 0.1) is 5.92 Å². The number of carbonyl (C=O) groups excluding carboxylic acids is 1. The van der Waals surface area contributed by atoms with Crippen LogP contribution >= 0.6 is 11.3 Å². The largest absolute Gasteiger partial charge is 0.347 e. The molecule has 1 amide bonds. The Morgan fingerprint density at radius 1 is 1.36 bits per heavy atom. The zero-order valence-electron chi connectivity index (χ0n) is 12.9. The average Bonchev–Trinajstić information content (AvgIpc) is 3.23. The Balaban J connectivity index is 1.63. The average molecular weight is 314 g/mol. The Bertz CT molecular complexity index is 629. The minimum absolute atomic E-state index is 0.0735. The van der Waals surface area contributed by atoms with E-state index in [0.717, 1.165) is 28.4 Å². The number of nitrogens with zero attached hydrogens (tertiary/aromatic N) is 1. The number of rotatable bonds is 5. The van der Waals surface area contributed by atoms with Gasteiger partial charge in [-0.05, 0) is 43.5 Å². The first-order valence-corrected chi connectivity index (χ1v) is 8.58. The molecule has 2 saturated heterocycles. The van der Waals surface area contributed by atoms with E-state index in [0.29, 0.717) is 12.0 Å². The van der Waals surface area contributed by atoms with Crippen LogP contribution < -0.4 is 5.32 Å². The van der Waals surface area contributed by atoms with Crippen molar-refractivity contribution in [1.29, 1.82) is 0 Å². The standard InChI is InChI=1S/C18H22N2OS/c1-3-4-5-6-13(2)16-7-8-17(22-16)18(21)19-15-12-20-10-9-14(15)11-20/h3-8,14-15H,1,9-12H2,2H3,(H,19,21)/b5-4-,13-6+. The molecule has 2 fully saturated rings. The summed E-state index contributed by atoms with van der Waals surface area (Å²) in [4.78, 5) is 16.8. The number of amides is 1. The van der Waals surface area contributed by atoms with Crippen LogP contribution in [0.1, 0.15) is 27.9 Å². The third kappa shape index (κ3) is 3.23. The maximum atomic E-state index is 12.4. The molecule has 0 aromatic carbocycles. The van der Waals surface area contributed by atoms with Gasteiger partial charge in [0.1, 0.15) is 0 Å². The fourth-order valence-electron chi connectivity index (χ4n) is 3.22. The van der Waals surface area contributed by atoms with Crippen molar-refractivity contribution in [3.05, 3.63) is 52.8 Å². The van der Waals surface area contributed by atoms with E-state index in [1.54, 1.807) is 17.4 Å². The highest BCUT2D eigenvalue weighted by Gasteiger charge is 2.38. The van der Waals surface area contributed by atoms with Gasteiger partial charge in [0.2, 0.25) is 0 Å². The van der Waals surface area contributed by atoms with Crippen LogP contribution in [0.4, 0.5) is 0 Å². The Labute approximate surface area is 136 Å². The molecule has 116 valence electrons. The maximum absolute atomic E-state index is 12.4. The molecule has 0 aliphatic carbocycles. The topological polar surface area (TPSA) is 32.3 Å². The number of carbonyl (C=O) groups is 1. The van der Waals surface area contributed by atoms with Crippen molar-refractivity contribution in [2.75, 3.05) is 19.6 Å². The summed E-state index contributed by atoms with van der Waals surface area (Å²) in [7, 11) is 0. The van der Waals surface area contributed by atoms with Gasteiger partial charge in [0.25, 0.3) is 5.91 Å². The summed E-state index contributed by atoms with van der Waals surface area (Å²) in [6.07, 6.45) is 8.87. The van der Waals surface area contributed by atoms with E-state index in [9.17, 15) is 4.79 Å². The van der Waals surface area contributed by atoms with Crippen LogP contribution in [0.15, 0.2) is 43.0 Å². The van der Waals surface area contributed by atoms with Crippen LogP contribution in [-0.2, 0) is 0 Å². The molecule has 22 heavy (non-hydrogen) atoms. The van der Waals surface area contributed by atoms with Gasteiger partial charge in [-0.3, -0.25) is 4.79 Å². The molecule has 1 N–H and O–H groups in total. The summed E-state index contributed by atoms with van der Waals surface area (Å²) in [6, 6.07) is 4.29. The molecule has 3 heterocycles. The van der Waals surface area contributed by atoms with Crippen LogP contribution in [0.3, 0.4) is 0 Å². The Morgan fingerprint density at radius 3 is 2.86 bits per heavy atom. The molecule has 0 radical (unpaired) electrons. The van der Waals surface area contributed by atoms with Gasteiger partial charge in [-0.15, -0.1) is 11.3 Å². The second-order valence-corrected chi connectivity index (χ2v) is 7.11. The van der Waals surface area contributed by atoms with Crippen molar-refractivity contribution in [1.82, 2.24) is 10.2 Å². The highest BCUT2D eigenvalue weighted by molar-refractivity contribution is 7.15. The number of piperidine rings is 1. The molecule has 0 saturated carbocycles. The van der Waals surface area contributed by atoms with Gasteiger partial charge in [-0.25, -0.2) is 0 Å². The molecule has 0 spiro atoms. The van der Waals surface area contributed by atoms with Gasteiger partial charge in [0, 0.05) is 24.0 Å². The zero-order chi connectivity index (χ0) is 15.5. The van der Waals surface area contributed by atoms with Gasteiger partial charge in [-0.2, -0.15) is 0 Å². The maximum Gasteiger partial charge on any atom is 0.261 e. The van der Waals surface area contributed by atoms with Crippen molar-refractivity contribution in [2.45, 2.75) is 19.4 Å². The highest BCUT2D eigenvalue weighted by Crippen LogP contribution is 2.29. The van der Waals surface area contributed by atoms with E-state index in [4.69, 9.17) is 0 Å². The van der Waals surface area contributed by atoms with Gasteiger partial charge in [-0.1, -0.05) is 30.9 Å². The lowest BCUT2D eigenvalue weighted by atomic mass is 10.00. The second kappa shape index (κ2) is 6.63. The summed E-state index contributed by atoms with van der Waals surface area (Å²) >= 11 is 1.56. The lowest BCUT2D eigenvalue weighted by Crippen LogP contribution is -2.42. The molecule has 2 bridgehead atoms. The van der Waals surface area contributed by atoms with E-state index >= 15 is 0 Å². The first-order valence-electron chi connectivity index (χ1n) is 7.77. The van der Waals surface area contributed by atoms with Gasteiger partial charge in [0.05, 0.1) is 4.88 Å². The van der Waals surface area contributed by atoms with E-state index in [1.165, 1.54) is 13.0 Å². The minimum Gasteiger partial charge on any atom is -0.347 e. The van der Waals surface area contributed by atoms with Crippen molar-refractivity contribution >= 4 is 22.8 Å². The third-order valence-corrected chi connectivity index (χ3v) is 5.68. The Kier molecular flexibility index (Phi) is 4.60. The monoisotopic (exact) mass is 314 g/mol. The molecule has 1 aromatic rings. The molecule has 3 nitrogen and oxygen atoms in total. The lowest BCUT2D eigenvalue weighted by molar-refractivity contribution is 0.0928. The van der Waals surface area contributed by atoms with Crippen molar-refractivity contribution in [3.63, 3.8) is 0 Å². The number of hydrogen-bond donors (Lipinski definition) is 1. The summed E-state index contributed by atoms with van der Waals surface area (Å²) in [5.74, 6) is 0.721. The van der Waals surface area contributed by atoms with Gasteiger partial charge < -0.3 is 10.2 Å². The lowest BCUT2D eigenvalue weighted by Gasteiger charge is -2.22. The predicted octanol–water partition coefficient (Wildman–Crippen LogP) is 3.33. The number of thiophene rings is 1. The predicted molar refractivity (Wildman–Crippen MR) is 93.1 cm³/mol. The van der Waals surface area contributed by atoms with Crippen LogP contribution in [0.5, 0.6) is 0 Å². The van der Waals surface area contributed by atoms with E-state index in [-0.39, 0.29) is 5.91 Å². The smallest absolute Gasteiger partial charge is 0.261 e. The third-order valence-electron chi connectivity index (χ3n) is 4.46. The van der Waals surface area contributed by atoms with E-state index in [1.807, 2.05) is 30.4 Å². The molecule has 2 aliphatic heterocycles. The van der Waals surface area contributed by atoms with E-state index in [2.05, 4.69) is 23.7 Å². The zero-order valence-corrected chi connectivity index (χ0v) is 13.7. The summed E-state index contributed by atoms with van der Waals surface area (Å²) in [5.41, 5.74) is 1.16. The molecular weight excluding hydrogens is 292 g/mol. The van der Waals surface area contributed by atoms with Crippen LogP contribution in [0.25, 0.3) is 5.57 Å². The summed E-state index contributed by atoms with van der Waals surface area (Å²) in [6.45, 7) is 9.07. The normalized spacial score (nSPS) is 27.5. The summed E-state index contributed by atoms with van der Waals surface area (Å²) < 4.78 is 0. The van der Waals surface area contributed by atoms with Crippen LogP contribution in [0.2, 0.25) is 0 Å². The second-order valence-electron chi connectivity index (χ2n) is 6.02. The molecule has 3 unspecified atom stereocenters. The van der Waals surface area contributed by atoms with Crippen molar-refractivity contribution in [3.8, 4) is 0 Å². The SMILES string of the molecule is C=C/C=C\C=C(/C)c1ccc(C(=O)NC2CN3CCC2C3)s1. The molecule has 3 rings (SSSR count). The minimum atomic E-state index is 0.0735. The molecular formula is C18H22N2OS. The highest BCUT2D eigenvalue weighted by atomic mass is 32.1. The molecule has 3 atom stereocenters. The number of nitrogens with one attached hydrogen (secondary N) is 1. The van der Waals surface area contributed by atoms with Crippen LogP contribution in [-0.4, -0.2) is 36.5 Å². The molecule has 4 heteroatoms. The number of fused-ring (bicyclic) bond motifs is 2. The first kappa shape index (κ1) is 15.3. The van der Waals surface area contributed by atoms with Gasteiger partial charge >= 0.3 is 0 Å². The van der Waals surface area contributed by atoms with Crippen molar-refractivity contribution in [2.24, 2.45) is 5.92 Å². The molecule has 1 aromatic heterocycles. The fourth-order valence-corrected chi connectivity index (χ4v) is 4.11. The number of hydrogen-bond acceptors (Lipinski definition) is 3. The van der Waals surface area contributed by atoms with Gasteiger partial charge in [0.15, 0.2) is 0 Å². The quantitative estimate of drug-likeness (QED) is 0.846. The molecule has 2 aliphatic rings. The fraction of sp³-hybridized carbons (Fsp3) is 0.389. The van der Waals surface area contributed by atoms with Crippen molar-refractivity contribution < 1.29 is 4.79 Å². The first-order chi connectivity index (χ1) is 10.7. The summed E-state index contributed by atoms with van der Waals surface area (Å²) in [5, 5.41) is 3.21. The Morgan fingerprint density at radius 2 is 2.18 bits per heavy atom. The number of allylic oxidation sites excluding steroid dienone is 5.